The smallest absolute Gasteiger partial charge is 0.313 e. The molecule has 0 aromatic heterocycles. The highest BCUT2D eigenvalue weighted by Gasteiger charge is 2.13. The summed E-state index contributed by atoms with van der Waals surface area (Å²) in [6.07, 6.45) is 0. The number of anilines is 1. The summed E-state index contributed by atoms with van der Waals surface area (Å²) in [6, 6.07) is 4.61. The van der Waals surface area contributed by atoms with E-state index in [0.717, 1.165) is 0 Å². The van der Waals surface area contributed by atoms with Gasteiger partial charge in [-0.15, -0.1) is 0 Å². The minimum absolute atomic E-state index is 0.162. The van der Waals surface area contributed by atoms with Gasteiger partial charge in [0.15, 0.2) is 0 Å². The van der Waals surface area contributed by atoms with Gasteiger partial charge in [0.1, 0.15) is 5.75 Å². The number of carbonyl (C=O) groups excluding carboxylic acids is 3. The first-order valence-corrected chi connectivity index (χ1v) is 6.49. The molecule has 7 nitrogen and oxygen atoms in total. The van der Waals surface area contributed by atoms with Crippen molar-refractivity contribution in [3.8, 4) is 5.75 Å². The highest BCUT2D eigenvalue weighted by Crippen LogP contribution is 2.27. The average molecular weight is 314 g/mol. The molecule has 0 bridgehead atoms. The topological polar surface area (TPSA) is 96.5 Å². The van der Waals surface area contributed by atoms with Gasteiger partial charge in [0.2, 0.25) is 5.91 Å². The van der Waals surface area contributed by atoms with Crippen molar-refractivity contribution < 1.29 is 19.1 Å². The third-order valence-corrected chi connectivity index (χ3v) is 2.70. The van der Waals surface area contributed by atoms with E-state index >= 15 is 0 Å². The van der Waals surface area contributed by atoms with E-state index < -0.39 is 11.8 Å². The van der Waals surface area contributed by atoms with Crippen molar-refractivity contribution in [3.63, 3.8) is 0 Å². The third-order valence-electron chi connectivity index (χ3n) is 2.40. The lowest BCUT2D eigenvalue weighted by atomic mass is 10.3. The van der Waals surface area contributed by atoms with Gasteiger partial charge in [-0.3, -0.25) is 14.4 Å². The number of benzene rings is 1. The second-order valence-corrected chi connectivity index (χ2v) is 4.45. The van der Waals surface area contributed by atoms with Crippen molar-refractivity contribution in [1.29, 1.82) is 0 Å². The molecule has 0 radical (unpaired) electrons. The van der Waals surface area contributed by atoms with Crippen molar-refractivity contribution in [2.75, 3.05) is 25.5 Å². The van der Waals surface area contributed by atoms with Crippen molar-refractivity contribution in [2.24, 2.45) is 0 Å². The molecule has 114 valence electrons. The van der Waals surface area contributed by atoms with Crippen LogP contribution in [-0.4, -0.2) is 37.9 Å². The van der Waals surface area contributed by atoms with Gasteiger partial charge in [-0.25, -0.2) is 0 Å². The maximum atomic E-state index is 11.6. The van der Waals surface area contributed by atoms with E-state index in [1.807, 2.05) is 0 Å². The van der Waals surface area contributed by atoms with E-state index in [9.17, 15) is 14.4 Å². The van der Waals surface area contributed by atoms with Crippen LogP contribution >= 0.6 is 11.6 Å². The summed E-state index contributed by atoms with van der Waals surface area (Å²) < 4.78 is 4.98. The molecule has 0 aliphatic heterocycles. The molecule has 8 heteroatoms. The zero-order chi connectivity index (χ0) is 15.8. The molecule has 0 atom stereocenters. The Kier molecular flexibility index (Phi) is 6.48. The number of amides is 3. The van der Waals surface area contributed by atoms with Gasteiger partial charge < -0.3 is 20.7 Å². The summed E-state index contributed by atoms with van der Waals surface area (Å²) in [7, 11) is 1.47. The number of halogens is 1. The molecule has 3 N–H and O–H groups in total. The van der Waals surface area contributed by atoms with Gasteiger partial charge in [-0.1, -0.05) is 11.6 Å². The highest BCUT2D eigenvalue weighted by atomic mass is 35.5. The predicted octanol–water partition coefficient (Wildman–Crippen LogP) is 0.539. The van der Waals surface area contributed by atoms with Crippen LogP contribution in [0.25, 0.3) is 0 Å². The number of methoxy groups -OCH3 is 1. The molecule has 0 spiro atoms. The Balaban J connectivity index is 2.47. The van der Waals surface area contributed by atoms with Crippen molar-refractivity contribution in [1.82, 2.24) is 10.6 Å². The van der Waals surface area contributed by atoms with Crippen molar-refractivity contribution >= 4 is 35.0 Å². The molecular formula is C13H16ClN3O4. The molecule has 1 aromatic rings. The monoisotopic (exact) mass is 313 g/mol. The van der Waals surface area contributed by atoms with Crippen LogP contribution in [0, 0.1) is 0 Å². The first kappa shape index (κ1) is 16.8. The van der Waals surface area contributed by atoms with Gasteiger partial charge in [0.25, 0.3) is 0 Å². The average Bonchev–Trinajstić information content (AvgIpc) is 2.43. The molecule has 0 fully saturated rings. The van der Waals surface area contributed by atoms with Crippen molar-refractivity contribution in [2.45, 2.75) is 6.92 Å². The maximum Gasteiger partial charge on any atom is 0.313 e. The van der Waals surface area contributed by atoms with Crippen LogP contribution in [0.15, 0.2) is 18.2 Å². The number of rotatable bonds is 5. The number of hydrogen-bond donors (Lipinski definition) is 3. The molecule has 1 rings (SSSR count). The van der Waals surface area contributed by atoms with Crippen LogP contribution in [0.3, 0.4) is 0 Å². The van der Waals surface area contributed by atoms with Crippen LogP contribution in [0.2, 0.25) is 5.02 Å². The molecule has 0 unspecified atom stereocenters. The van der Waals surface area contributed by atoms with Gasteiger partial charge in [-0.05, 0) is 18.2 Å². The lowest BCUT2D eigenvalue weighted by molar-refractivity contribution is -0.136. The molecule has 0 heterocycles. The Morgan fingerprint density at radius 3 is 2.38 bits per heavy atom. The van der Waals surface area contributed by atoms with E-state index in [1.54, 1.807) is 12.1 Å². The maximum absolute atomic E-state index is 11.6. The van der Waals surface area contributed by atoms with Gasteiger partial charge >= 0.3 is 11.8 Å². The molecule has 1 aromatic carbocycles. The molecule has 0 saturated heterocycles. The zero-order valence-electron chi connectivity index (χ0n) is 11.7. The van der Waals surface area contributed by atoms with E-state index in [1.165, 1.54) is 20.1 Å². The summed E-state index contributed by atoms with van der Waals surface area (Å²) in [5, 5.41) is 7.59. The lowest BCUT2D eigenvalue weighted by Crippen LogP contribution is -2.39. The summed E-state index contributed by atoms with van der Waals surface area (Å²) in [5.41, 5.74) is 0.378. The molecule has 0 aliphatic carbocycles. The molecule has 21 heavy (non-hydrogen) atoms. The second kappa shape index (κ2) is 8.11. The van der Waals surface area contributed by atoms with Crippen molar-refractivity contribution in [3.05, 3.63) is 23.2 Å². The number of carbonyl (C=O) groups is 3. The van der Waals surface area contributed by atoms with Gasteiger partial charge in [0, 0.05) is 25.7 Å². The summed E-state index contributed by atoms with van der Waals surface area (Å²) in [4.78, 5) is 33.7. The van der Waals surface area contributed by atoms with E-state index in [4.69, 9.17) is 16.3 Å². The summed E-state index contributed by atoms with van der Waals surface area (Å²) in [6.45, 7) is 1.78. The largest absolute Gasteiger partial charge is 0.495 e. The Hall–Kier alpha value is -2.28. The van der Waals surface area contributed by atoms with Crippen LogP contribution in [-0.2, 0) is 14.4 Å². The van der Waals surface area contributed by atoms with E-state index in [-0.39, 0.29) is 19.0 Å². The van der Waals surface area contributed by atoms with Crippen LogP contribution in [0.1, 0.15) is 6.92 Å². The number of nitrogens with one attached hydrogen (secondary N) is 3. The fourth-order valence-electron chi connectivity index (χ4n) is 1.43. The highest BCUT2D eigenvalue weighted by molar-refractivity contribution is 6.40. The molecular weight excluding hydrogens is 298 g/mol. The summed E-state index contributed by atoms with van der Waals surface area (Å²) in [5.74, 6) is -1.36. The van der Waals surface area contributed by atoms with E-state index in [0.29, 0.717) is 16.5 Å². The van der Waals surface area contributed by atoms with E-state index in [2.05, 4.69) is 16.0 Å². The predicted molar refractivity (Wildman–Crippen MR) is 78.3 cm³/mol. The normalized spacial score (nSPS) is 9.67. The van der Waals surface area contributed by atoms with Gasteiger partial charge in [0.05, 0.1) is 12.1 Å². The Labute approximate surface area is 127 Å². The summed E-state index contributed by atoms with van der Waals surface area (Å²) >= 11 is 5.91. The standard InChI is InChI=1S/C13H16ClN3O4/c1-8(18)15-5-6-16-12(19)13(20)17-9-3-4-11(21-2)10(14)7-9/h3-4,7H,5-6H2,1-2H3,(H,15,18)(H,16,19)(H,17,20). The fraction of sp³-hybridized carbons (Fsp3) is 0.308. The second-order valence-electron chi connectivity index (χ2n) is 4.04. The Morgan fingerprint density at radius 2 is 1.81 bits per heavy atom. The molecule has 0 saturated carbocycles. The minimum Gasteiger partial charge on any atom is -0.495 e. The fourth-order valence-corrected chi connectivity index (χ4v) is 1.68. The molecule has 3 amide bonds. The third kappa shape index (κ3) is 5.70. The van der Waals surface area contributed by atoms with Gasteiger partial charge in [-0.2, -0.15) is 0 Å². The number of hydrogen-bond acceptors (Lipinski definition) is 4. The number of ether oxygens (including phenoxy) is 1. The zero-order valence-corrected chi connectivity index (χ0v) is 12.4. The molecule has 0 aliphatic rings. The first-order chi connectivity index (χ1) is 9.93. The Bertz CT molecular complexity index is 548. The minimum atomic E-state index is -0.820. The van der Waals surface area contributed by atoms with Crippen LogP contribution < -0.4 is 20.7 Å². The van der Waals surface area contributed by atoms with Crippen LogP contribution in [0.4, 0.5) is 5.69 Å². The SMILES string of the molecule is COc1ccc(NC(=O)C(=O)NCCNC(C)=O)cc1Cl. The quantitative estimate of drug-likeness (QED) is 0.546. The van der Waals surface area contributed by atoms with Crippen LogP contribution in [0.5, 0.6) is 5.75 Å². The Morgan fingerprint density at radius 1 is 1.14 bits per heavy atom. The first-order valence-electron chi connectivity index (χ1n) is 6.11. The lowest BCUT2D eigenvalue weighted by Gasteiger charge is -2.08.